The molecule has 0 heterocycles. The van der Waals surface area contributed by atoms with E-state index in [1.165, 1.54) is 18.5 Å². The number of nitrogen functional groups attached to an aromatic ring is 1. The quantitative estimate of drug-likeness (QED) is 0.759. The van der Waals surface area contributed by atoms with Gasteiger partial charge >= 0.3 is 0 Å². The molecule has 1 aromatic carbocycles. The van der Waals surface area contributed by atoms with Crippen LogP contribution in [0, 0.1) is 11.3 Å². The van der Waals surface area contributed by atoms with Crippen molar-refractivity contribution in [2.45, 2.75) is 25.3 Å². The average molecular weight is 201 g/mol. The Morgan fingerprint density at radius 1 is 1.33 bits per heavy atom. The molecule has 0 saturated heterocycles. The summed E-state index contributed by atoms with van der Waals surface area (Å²) in [5, 5.41) is 8.61. The predicted molar refractivity (Wildman–Crippen MR) is 61.5 cm³/mol. The molecule has 0 amide bonds. The highest BCUT2D eigenvalue weighted by molar-refractivity contribution is 5.54. The highest BCUT2D eigenvalue weighted by atomic mass is 15.2. The number of benzene rings is 1. The van der Waals surface area contributed by atoms with E-state index in [0.29, 0.717) is 12.5 Å². The Bertz CT molecular complexity index is 359. The van der Waals surface area contributed by atoms with E-state index in [-0.39, 0.29) is 0 Å². The highest BCUT2D eigenvalue weighted by Crippen LogP contribution is 2.31. The third kappa shape index (κ3) is 2.41. The van der Waals surface area contributed by atoms with Gasteiger partial charge in [0.25, 0.3) is 0 Å². The van der Waals surface area contributed by atoms with Crippen LogP contribution in [0.25, 0.3) is 0 Å². The normalized spacial score (nSPS) is 14.6. The number of nitrogens with zero attached hydrogens (tertiary/aromatic N) is 2. The third-order valence-corrected chi connectivity index (χ3v) is 2.68. The van der Waals surface area contributed by atoms with Gasteiger partial charge in [-0.15, -0.1) is 0 Å². The first-order valence-corrected chi connectivity index (χ1v) is 5.30. The zero-order valence-electron chi connectivity index (χ0n) is 8.69. The van der Waals surface area contributed by atoms with Gasteiger partial charge in [0.1, 0.15) is 0 Å². The van der Waals surface area contributed by atoms with Gasteiger partial charge < -0.3 is 10.6 Å². The van der Waals surface area contributed by atoms with Crippen LogP contribution in [-0.4, -0.2) is 12.6 Å². The third-order valence-electron chi connectivity index (χ3n) is 2.68. The second kappa shape index (κ2) is 4.22. The van der Waals surface area contributed by atoms with Gasteiger partial charge in [-0.3, -0.25) is 0 Å². The van der Waals surface area contributed by atoms with Gasteiger partial charge in [0.05, 0.1) is 12.5 Å². The predicted octanol–water partition coefficient (Wildman–Crippen LogP) is 2.15. The van der Waals surface area contributed by atoms with Gasteiger partial charge in [-0.1, -0.05) is 0 Å². The summed E-state index contributed by atoms with van der Waals surface area (Å²) >= 11 is 0. The molecule has 0 radical (unpaired) electrons. The summed E-state index contributed by atoms with van der Waals surface area (Å²) in [4.78, 5) is 2.31. The van der Waals surface area contributed by atoms with Gasteiger partial charge in [0, 0.05) is 24.0 Å². The van der Waals surface area contributed by atoms with Crippen molar-refractivity contribution < 1.29 is 0 Å². The maximum Gasteiger partial charge on any atom is 0.0640 e. The molecule has 78 valence electrons. The van der Waals surface area contributed by atoms with E-state index in [2.05, 4.69) is 11.0 Å². The highest BCUT2D eigenvalue weighted by Gasteiger charge is 2.28. The van der Waals surface area contributed by atoms with Crippen molar-refractivity contribution in [2.24, 2.45) is 0 Å². The molecule has 0 bridgehead atoms. The Balaban J connectivity index is 2.10. The van der Waals surface area contributed by atoms with Crippen molar-refractivity contribution in [1.29, 1.82) is 5.26 Å². The van der Waals surface area contributed by atoms with Crippen molar-refractivity contribution in [3.63, 3.8) is 0 Å². The molecule has 2 rings (SSSR count). The molecule has 3 nitrogen and oxygen atoms in total. The van der Waals surface area contributed by atoms with E-state index >= 15 is 0 Å². The zero-order chi connectivity index (χ0) is 10.7. The van der Waals surface area contributed by atoms with E-state index in [1.807, 2.05) is 24.3 Å². The lowest BCUT2D eigenvalue weighted by Crippen LogP contribution is -2.26. The molecule has 1 aliphatic carbocycles. The number of nitriles is 1. The van der Waals surface area contributed by atoms with Crippen molar-refractivity contribution in [2.75, 3.05) is 17.2 Å². The number of rotatable bonds is 4. The molecule has 0 atom stereocenters. The Morgan fingerprint density at radius 2 is 2.00 bits per heavy atom. The van der Waals surface area contributed by atoms with Gasteiger partial charge in [0.2, 0.25) is 0 Å². The average Bonchev–Trinajstić information content (AvgIpc) is 3.05. The molecule has 2 N–H and O–H groups in total. The fourth-order valence-electron chi connectivity index (χ4n) is 1.74. The lowest BCUT2D eigenvalue weighted by atomic mass is 10.2. The summed E-state index contributed by atoms with van der Waals surface area (Å²) in [6.07, 6.45) is 3.08. The molecular formula is C12H15N3. The molecule has 0 aliphatic heterocycles. The van der Waals surface area contributed by atoms with Crippen molar-refractivity contribution in [3.8, 4) is 6.07 Å². The summed E-state index contributed by atoms with van der Waals surface area (Å²) in [7, 11) is 0. The summed E-state index contributed by atoms with van der Waals surface area (Å²) < 4.78 is 0. The lowest BCUT2D eigenvalue weighted by molar-refractivity contribution is 0.793. The van der Waals surface area contributed by atoms with E-state index in [1.54, 1.807) is 0 Å². The van der Waals surface area contributed by atoms with E-state index < -0.39 is 0 Å². The van der Waals surface area contributed by atoms with Crippen LogP contribution in [0.4, 0.5) is 11.4 Å². The smallest absolute Gasteiger partial charge is 0.0640 e. The minimum Gasteiger partial charge on any atom is -0.399 e. The first kappa shape index (κ1) is 9.85. The van der Waals surface area contributed by atoms with Crippen LogP contribution in [0.3, 0.4) is 0 Å². The first-order chi connectivity index (χ1) is 7.31. The molecule has 0 aromatic heterocycles. The monoisotopic (exact) mass is 201 g/mol. The van der Waals surface area contributed by atoms with Crippen LogP contribution in [-0.2, 0) is 0 Å². The fraction of sp³-hybridized carbons (Fsp3) is 0.417. The topological polar surface area (TPSA) is 53.0 Å². The molecule has 0 unspecified atom stereocenters. The van der Waals surface area contributed by atoms with Crippen LogP contribution in [0.2, 0.25) is 0 Å². The van der Waals surface area contributed by atoms with Crippen molar-refractivity contribution in [1.82, 2.24) is 0 Å². The second-order valence-electron chi connectivity index (χ2n) is 3.92. The minimum atomic E-state index is 0.584. The maximum atomic E-state index is 8.61. The van der Waals surface area contributed by atoms with Crippen LogP contribution >= 0.6 is 0 Å². The summed E-state index contributed by atoms with van der Waals surface area (Å²) in [6, 6.07) is 10.7. The van der Waals surface area contributed by atoms with Crippen molar-refractivity contribution >= 4 is 11.4 Å². The number of hydrogen-bond donors (Lipinski definition) is 1. The second-order valence-corrected chi connectivity index (χ2v) is 3.92. The van der Waals surface area contributed by atoms with Gasteiger partial charge in [-0.05, 0) is 37.1 Å². The largest absolute Gasteiger partial charge is 0.399 e. The number of nitrogens with two attached hydrogens (primary N) is 1. The lowest BCUT2D eigenvalue weighted by Gasteiger charge is -2.23. The van der Waals surface area contributed by atoms with Gasteiger partial charge in [0.15, 0.2) is 0 Å². The molecular weight excluding hydrogens is 186 g/mol. The summed E-state index contributed by atoms with van der Waals surface area (Å²) in [5.74, 6) is 0. The summed E-state index contributed by atoms with van der Waals surface area (Å²) in [5.41, 5.74) is 7.62. The molecule has 3 heteroatoms. The van der Waals surface area contributed by atoms with Crippen LogP contribution in [0.1, 0.15) is 19.3 Å². The minimum absolute atomic E-state index is 0.584. The SMILES string of the molecule is N#CCCN(c1ccc(N)cc1)C1CC1. The molecule has 0 spiro atoms. The van der Waals surface area contributed by atoms with Crippen LogP contribution < -0.4 is 10.6 Å². The van der Waals surface area contributed by atoms with E-state index in [9.17, 15) is 0 Å². The molecule has 15 heavy (non-hydrogen) atoms. The number of anilines is 2. The van der Waals surface area contributed by atoms with Crippen LogP contribution in [0.15, 0.2) is 24.3 Å². The maximum absolute atomic E-state index is 8.61. The van der Waals surface area contributed by atoms with Crippen molar-refractivity contribution in [3.05, 3.63) is 24.3 Å². The molecule has 1 fully saturated rings. The Labute approximate surface area is 90.1 Å². The van der Waals surface area contributed by atoms with E-state index in [4.69, 9.17) is 11.0 Å². The first-order valence-electron chi connectivity index (χ1n) is 5.30. The van der Waals surface area contributed by atoms with Gasteiger partial charge in [-0.2, -0.15) is 5.26 Å². The molecule has 1 aromatic rings. The Kier molecular flexibility index (Phi) is 2.77. The fourth-order valence-corrected chi connectivity index (χ4v) is 1.74. The summed E-state index contributed by atoms with van der Waals surface area (Å²) in [6.45, 7) is 0.824. The molecule has 1 aliphatic rings. The standard InChI is InChI=1S/C12H15N3/c13-8-1-9-15(12-6-7-12)11-4-2-10(14)3-5-11/h2-5,12H,1,6-7,9,14H2. The van der Waals surface area contributed by atoms with E-state index in [0.717, 1.165) is 12.2 Å². The Morgan fingerprint density at radius 3 is 2.53 bits per heavy atom. The zero-order valence-corrected chi connectivity index (χ0v) is 8.69. The Hall–Kier alpha value is -1.69. The number of hydrogen-bond acceptors (Lipinski definition) is 3. The molecule has 1 saturated carbocycles. The van der Waals surface area contributed by atoms with Gasteiger partial charge in [-0.25, -0.2) is 0 Å². The van der Waals surface area contributed by atoms with Crippen LogP contribution in [0.5, 0.6) is 0 Å².